The van der Waals surface area contributed by atoms with Gasteiger partial charge in [-0.1, -0.05) is 22.0 Å². The maximum atomic E-state index is 12.8. The second-order valence-electron chi connectivity index (χ2n) is 5.84. The van der Waals surface area contributed by atoms with Crippen molar-refractivity contribution in [3.63, 3.8) is 0 Å². The van der Waals surface area contributed by atoms with E-state index in [0.717, 1.165) is 10.0 Å². The maximum absolute atomic E-state index is 12.8. The average Bonchev–Trinajstić information content (AvgIpc) is 2.91. The van der Waals surface area contributed by atoms with Crippen LogP contribution in [0.15, 0.2) is 57.6 Å². The molecule has 1 amide bonds. The molecular formula is C20H17BrN2O4. The largest absolute Gasteiger partial charge is 0.493 e. The van der Waals surface area contributed by atoms with Crippen LogP contribution in [-0.4, -0.2) is 24.7 Å². The molecule has 0 aliphatic carbocycles. The number of esters is 1. The molecule has 0 spiro atoms. The van der Waals surface area contributed by atoms with E-state index in [2.05, 4.69) is 21.0 Å². The van der Waals surface area contributed by atoms with Crippen molar-refractivity contribution in [1.82, 2.24) is 0 Å². The van der Waals surface area contributed by atoms with Gasteiger partial charge in [-0.3, -0.25) is 9.59 Å². The molecule has 0 aromatic heterocycles. The fourth-order valence-electron chi connectivity index (χ4n) is 2.62. The topological polar surface area (TPSA) is 68.2 Å². The van der Waals surface area contributed by atoms with Gasteiger partial charge in [0.05, 0.1) is 24.1 Å². The summed E-state index contributed by atoms with van der Waals surface area (Å²) >= 11 is 3.38. The molecule has 0 saturated carbocycles. The molecule has 2 aromatic carbocycles. The molecule has 138 valence electrons. The van der Waals surface area contributed by atoms with E-state index in [-0.39, 0.29) is 5.91 Å². The Morgan fingerprint density at radius 2 is 1.85 bits per heavy atom. The van der Waals surface area contributed by atoms with Crippen LogP contribution in [-0.2, 0) is 9.59 Å². The van der Waals surface area contributed by atoms with Gasteiger partial charge in [-0.15, -0.1) is 0 Å². The van der Waals surface area contributed by atoms with Gasteiger partial charge in [-0.05, 0) is 55.0 Å². The lowest BCUT2D eigenvalue weighted by molar-refractivity contribution is -0.132. The summed E-state index contributed by atoms with van der Waals surface area (Å²) in [5.41, 5.74) is 2.53. The maximum Gasteiger partial charge on any atom is 0.308 e. The SMILES string of the molecule is COc1cc(/C=C2/C(=O)N(c3ccc(Br)cc3)N=C2C)ccc1OC(C)=O. The van der Waals surface area contributed by atoms with Crippen LogP contribution in [0.4, 0.5) is 5.69 Å². The zero-order chi connectivity index (χ0) is 19.6. The van der Waals surface area contributed by atoms with Crippen LogP contribution in [0, 0.1) is 0 Å². The number of hydrogen-bond donors (Lipinski definition) is 0. The summed E-state index contributed by atoms with van der Waals surface area (Å²) < 4.78 is 11.3. The number of rotatable bonds is 4. The van der Waals surface area contributed by atoms with Gasteiger partial charge >= 0.3 is 5.97 Å². The highest BCUT2D eigenvalue weighted by atomic mass is 79.9. The number of methoxy groups -OCH3 is 1. The number of carbonyl (C=O) groups excluding carboxylic acids is 2. The van der Waals surface area contributed by atoms with Crippen molar-refractivity contribution in [2.24, 2.45) is 5.10 Å². The summed E-state index contributed by atoms with van der Waals surface area (Å²) in [6, 6.07) is 12.4. The molecular weight excluding hydrogens is 412 g/mol. The van der Waals surface area contributed by atoms with Gasteiger partial charge in [-0.25, -0.2) is 0 Å². The molecule has 1 aliphatic rings. The minimum absolute atomic E-state index is 0.210. The Kier molecular flexibility index (Phi) is 5.41. The number of hydrogen-bond acceptors (Lipinski definition) is 5. The minimum atomic E-state index is -0.432. The standard InChI is InChI=1S/C20H17BrN2O4/c1-12-17(20(25)23(22-12)16-7-5-15(21)6-8-16)10-14-4-9-18(27-13(2)24)19(11-14)26-3/h4-11H,1-3H3/b17-10+. The zero-order valence-corrected chi connectivity index (χ0v) is 16.6. The molecule has 27 heavy (non-hydrogen) atoms. The summed E-state index contributed by atoms with van der Waals surface area (Å²) in [6.45, 7) is 3.11. The summed E-state index contributed by atoms with van der Waals surface area (Å²) in [4.78, 5) is 24.0. The normalized spacial score (nSPS) is 15.1. The van der Waals surface area contributed by atoms with Crippen LogP contribution in [0.1, 0.15) is 19.4 Å². The summed E-state index contributed by atoms with van der Waals surface area (Å²) in [5.74, 6) is 0.0903. The quantitative estimate of drug-likeness (QED) is 0.415. The van der Waals surface area contributed by atoms with Crippen molar-refractivity contribution in [3.05, 3.63) is 58.1 Å². The lowest BCUT2D eigenvalue weighted by Crippen LogP contribution is -2.21. The lowest BCUT2D eigenvalue weighted by Gasteiger charge is -2.11. The molecule has 6 nitrogen and oxygen atoms in total. The van der Waals surface area contributed by atoms with E-state index >= 15 is 0 Å². The van der Waals surface area contributed by atoms with E-state index in [0.29, 0.717) is 28.5 Å². The first-order valence-electron chi connectivity index (χ1n) is 8.13. The monoisotopic (exact) mass is 428 g/mol. The summed E-state index contributed by atoms with van der Waals surface area (Å²) in [7, 11) is 1.49. The van der Waals surface area contributed by atoms with Crippen molar-refractivity contribution < 1.29 is 19.1 Å². The van der Waals surface area contributed by atoms with Gasteiger partial charge in [-0.2, -0.15) is 10.1 Å². The van der Waals surface area contributed by atoms with Gasteiger partial charge in [0, 0.05) is 11.4 Å². The van der Waals surface area contributed by atoms with Gasteiger partial charge in [0.25, 0.3) is 5.91 Å². The Hall–Kier alpha value is -2.93. The number of carbonyl (C=O) groups is 2. The average molecular weight is 429 g/mol. The molecule has 1 aliphatic heterocycles. The molecule has 0 fully saturated rings. The van der Waals surface area contributed by atoms with Gasteiger partial charge in [0.1, 0.15) is 0 Å². The highest BCUT2D eigenvalue weighted by molar-refractivity contribution is 9.10. The van der Waals surface area contributed by atoms with Crippen molar-refractivity contribution in [2.45, 2.75) is 13.8 Å². The van der Waals surface area contributed by atoms with Crippen LogP contribution in [0.25, 0.3) is 6.08 Å². The Morgan fingerprint density at radius 1 is 1.15 bits per heavy atom. The third kappa shape index (κ3) is 4.09. The first kappa shape index (κ1) is 18.8. The van der Waals surface area contributed by atoms with Crippen molar-refractivity contribution >= 4 is 45.3 Å². The summed E-state index contributed by atoms with van der Waals surface area (Å²) in [6.07, 6.45) is 1.74. The van der Waals surface area contributed by atoms with E-state index in [1.807, 2.05) is 24.3 Å². The fraction of sp³-hybridized carbons (Fsp3) is 0.150. The van der Waals surface area contributed by atoms with E-state index in [4.69, 9.17) is 9.47 Å². The van der Waals surface area contributed by atoms with Crippen LogP contribution < -0.4 is 14.5 Å². The molecule has 0 radical (unpaired) electrons. The third-order valence-electron chi connectivity index (χ3n) is 3.89. The fourth-order valence-corrected chi connectivity index (χ4v) is 2.89. The van der Waals surface area contributed by atoms with E-state index in [1.165, 1.54) is 19.0 Å². The van der Waals surface area contributed by atoms with Crippen molar-refractivity contribution in [2.75, 3.05) is 12.1 Å². The number of amides is 1. The lowest BCUT2D eigenvalue weighted by atomic mass is 10.1. The molecule has 3 rings (SSSR count). The number of ether oxygens (including phenoxy) is 2. The first-order valence-corrected chi connectivity index (χ1v) is 8.92. The highest BCUT2D eigenvalue weighted by Crippen LogP contribution is 2.31. The number of hydrazone groups is 1. The molecule has 0 saturated heterocycles. The number of halogens is 1. The highest BCUT2D eigenvalue weighted by Gasteiger charge is 2.28. The van der Waals surface area contributed by atoms with Crippen molar-refractivity contribution in [1.29, 1.82) is 0 Å². The smallest absolute Gasteiger partial charge is 0.308 e. The van der Waals surface area contributed by atoms with E-state index < -0.39 is 5.97 Å². The Morgan fingerprint density at radius 3 is 2.48 bits per heavy atom. The second-order valence-corrected chi connectivity index (χ2v) is 6.76. The van der Waals surface area contributed by atoms with Crippen LogP contribution >= 0.6 is 15.9 Å². The van der Waals surface area contributed by atoms with Gasteiger partial charge in [0.2, 0.25) is 0 Å². The van der Waals surface area contributed by atoms with Crippen LogP contribution in [0.3, 0.4) is 0 Å². The molecule has 1 heterocycles. The first-order chi connectivity index (χ1) is 12.9. The van der Waals surface area contributed by atoms with E-state index in [9.17, 15) is 9.59 Å². The summed E-state index contributed by atoms with van der Waals surface area (Å²) in [5, 5.41) is 5.74. The molecule has 0 N–H and O–H groups in total. The number of benzene rings is 2. The predicted molar refractivity (Wildman–Crippen MR) is 107 cm³/mol. The Labute approximate surface area is 165 Å². The van der Waals surface area contributed by atoms with Crippen molar-refractivity contribution in [3.8, 4) is 11.5 Å². The third-order valence-corrected chi connectivity index (χ3v) is 4.41. The van der Waals surface area contributed by atoms with Gasteiger partial charge < -0.3 is 9.47 Å². The molecule has 0 atom stereocenters. The predicted octanol–water partition coefficient (Wildman–Crippen LogP) is 4.19. The Bertz CT molecular complexity index is 964. The van der Waals surface area contributed by atoms with Gasteiger partial charge in [0.15, 0.2) is 11.5 Å². The van der Waals surface area contributed by atoms with Crippen LogP contribution in [0.2, 0.25) is 0 Å². The second kappa shape index (κ2) is 7.75. The molecule has 0 unspecified atom stereocenters. The van der Waals surface area contributed by atoms with Crippen LogP contribution in [0.5, 0.6) is 11.5 Å². The molecule has 7 heteroatoms. The number of anilines is 1. The molecule has 0 bridgehead atoms. The number of nitrogens with zero attached hydrogens (tertiary/aromatic N) is 2. The minimum Gasteiger partial charge on any atom is -0.493 e. The van der Waals surface area contributed by atoms with E-state index in [1.54, 1.807) is 31.2 Å². The Balaban J connectivity index is 1.91. The zero-order valence-electron chi connectivity index (χ0n) is 15.0. The molecule has 2 aromatic rings.